The lowest BCUT2D eigenvalue weighted by Crippen LogP contribution is -2.31. The standard InChI is InChI=1S/C27H34O4/c1-17-18(2)26-23(19(3)25(17)30-6)24(27(4,5)31-26)21-15-13-20(14-16-21)11-9-7-8-10-12-22(28)29/h9,11,13-16,24H,7-8,10,12H2,1-6H3,(H,28,29). The van der Waals surface area contributed by atoms with E-state index in [0.717, 1.165) is 53.0 Å². The van der Waals surface area contributed by atoms with E-state index in [-0.39, 0.29) is 17.9 Å². The summed E-state index contributed by atoms with van der Waals surface area (Å²) in [4.78, 5) is 10.6. The molecule has 0 aliphatic carbocycles. The van der Waals surface area contributed by atoms with Crippen LogP contribution in [0.5, 0.6) is 11.5 Å². The van der Waals surface area contributed by atoms with Crippen LogP contribution in [0.3, 0.4) is 0 Å². The third-order valence-corrected chi connectivity index (χ3v) is 6.38. The van der Waals surface area contributed by atoms with Crippen molar-refractivity contribution in [3.8, 4) is 11.5 Å². The third kappa shape index (κ3) is 4.63. The molecule has 4 nitrogen and oxygen atoms in total. The molecule has 2 aromatic carbocycles. The first kappa shape index (κ1) is 22.9. The van der Waals surface area contributed by atoms with E-state index in [4.69, 9.17) is 14.6 Å². The first-order chi connectivity index (χ1) is 14.7. The lowest BCUT2D eigenvalue weighted by molar-refractivity contribution is -0.137. The highest BCUT2D eigenvalue weighted by molar-refractivity contribution is 5.66. The number of hydrogen-bond donors (Lipinski definition) is 1. The molecule has 1 aliphatic rings. The molecule has 0 fully saturated rings. The minimum absolute atomic E-state index is 0.129. The van der Waals surface area contributed by atoms with Gasteiger partial charge in [0.25, 0.3) is 0 Å². The number of carboxylic acids is 1. The van der Waals surface area contributed by atoms with Gasteiger partial charge in [0, 0.05) is 12.0 Å². The Bertz CT molecular complexity index is 984. The van der Waals surface area contributed by atoms with Crippen LogP contribution in [0.1, 0.15) is 78.8 Å². The Morgan fingerprint density at radius 2 is 1.77 bits per heavy atom. The van der Waals surface area contributed by atoms with Gasteiger partial charge in [-0.2, -0.15) is 0 Å². The number of carboxylic acid groups (broad SMARTS) is 1. The number of benzene rings is 2. The zero-order valence-electron chi connectivity index (χ0n) is 19.5. The summed E-state index contributed by atoms with van der Waals surface area (Å²) in [5, 5.41) is 8.70. The quantitative estimate of drug-likeness (QED) is 0.488. The van der Waals surface area contributed by atoms with Crippen molar-refractivity contribution < 1.29 is 19.4 Å². The van der Waals surface area contributed by atoms with Crippen LogP contribution in [-0.4, -0.2) is 23.8 Å². The van der Waals surface area contributed by atoms with Crippen LogP contribution in [0.15, 0.2) is 30.3 Å². The van der Waals surface area contributed by atoms with E-state index >= 15 is 0 Å². The van der Waals surface area contributed by atoms with Gasteiger partial charge in [0.2, 0.25) is 0 Å². The predicted molar refractivity (Wildman–Crippen MR) is 125 cm³/mol. The van der Waals surface area contributed by atoms with Crippen molar-refractivity contribution in [2.45, 2.75) is 71.8 Å². The molecule has 0 saturated carbocycles. The Morgan fingerprint density at radius 3 is 2.39 bits per heavy atom. The average molecular weight is 423 g/mol. The molecule has 1 unspecified atom stereocenters. The summed E-state index contributed by atoms with van der Waals surface area (Å²) < 4.78 is 12.2. The molecule has 4 heteroatoms. The van der Waals surface area contributed by atoms with Gasteiger partial charge in [0.15, 0.2) is 0 Å². The lowest BCUT2D eigenvalue weighted by Gasteiger charge is -2.27. The summed E-state index contributed by atoms with van der Waals surface area (Å²) in [5.41, 5.74) is 6.70. The first-order valence-electron chi connectivity index (χ1n) is 11.0. The number of hydrogen-bond acceptors (Lipinski definition) is 3. The second kappa shape index (κ2) is 9.17. The fourth-order valence-corrected chi connectivity index (χ4v) is 4.70. The van der Waals surface area contributed by atoms with Crippen molar-refractivity contribution in [2.24, 2.45) is 0 Å². The Balaban J connectivity index is 1.84. The van der Waals surface area contributed by atoms with E-state index in [2.05, 4.69) is 71.0 Å². The highest BCUT2D eigenvalue weighted by Crippen LogP contribution is 2.53. The Labute approximate surface area is 185 Å². The van der Waals surface area contributed by atoms with E-state index in [0.29, 0.717) is 0 Å². The molecule has 2 aromatic rings. The lowest BCUT2D eigenvalue weighted by atomic mass is 9.78. The van der Waals surface area contributed by atoms with Crippen LogP contribution in [0.25, 0.3) is 6.08 Å². The van der Waals surface area contributed by atoms with Gasteiger partial charge in [-0.1, -0.05) is 36.4 Å². The largest absolute Gasteiger partial charge is 0.496 e. The van der Waals surface area contributed by atoms with Gasteiger partial charge in [0.05, 0.1) is 13.0 Å². The first-order valence-corrected chi connectivity index (χ1v) is 11.0. The van der Waals surface area contributed by atoms with Crippen LogP contribution in [0.4, 0.5) is 0 Å². The molecular formula is C27H34O4. The number of methoxy groups -OCH3 is 1. The van der Waals surface area contributed by atoms with Crippen molar-refractivity contribution >= 4 is 12.0 Å². The number of rotatable bonds is 8. The zero-order chi connectivity index (χ0) is 22.8. The van der Waals surface area contributed by atoms with Crippen LogP contribution in [0.2, 0.25) is 0 Å². The number of unbranched alkanes of at least 4 members (excludes halogenated alkanes) is 2. The van der Waals surface area contributed by atoms with Crippen molar-refractivity contribution in [3.05, 3.63) is 63.7 Å². The van der Waals surface area contributed by atoms with Crippen LogP contribution in [0, 0.1) is 20.8 Å². The van der Waals surface area contributed by atoms with Crippen LogP contribution >= 0.6 is 0 Å². The number of allylic oxidation sites excluding steroid dienone is 1. The molecule has 0 spiro atoms. The number of carbonyl (C=O) groups is 1. The number of aliphatic carboxylic acids is 1. The van der Waals surface area contributed by atoms with E-state index in [1.807, 2.05) is 0 Å². The van der Waals surface area contributed by atoms with Gasteiger partial charge >= 0.3 is 5.97 Å². The monoisotopic (exact) mass is 422 g/mol. The summed E-state index contributed by atoms with van der Waals surface area (Å²) in [6.45, 7) is 10.6. The predicted octanol–water partition coefficient (Wildman–Crippen LogP) is 6.58. The Morgan fingerprint density at radius 1 is 1.10 bits per heavy atom. The zero-order valence-corrected chi connectivity index (χ0v) is 19.5. The van der Waals surface area contributed by atoms with E-state index in [9.17, 15) is 4.79 Å². The molecule has 0 radical (unpaired) electrons. The summed E-state index contributed by atoms with van der Waals surface area (Å²) in [5.74, 6) is 1.35. The molecule has 31 heavy (non-hydrogen) atoms. The van der Waals surface area contributed by atoms with Gasteiger partial charge in [-0.05, 0) is 81.7 Å². The second-order valence-electron chi connectivity index (χ2n) is 9.00. The summed E-state index contributed by atoms with van der Waals surface area (Å²) in [6.07, 6.45) is 6.98. The molecule has 1 aliphatic heterocycles. The molecular weight excluding hydrogens is 388 g/mol. The molecule has 0 saturated heterocycles. The van der Waals surface area contributed by atoms with Gasteiger partial charge < -0.3 is 14.6 Å². The highest BCUT2D eigenvalue weighted by Gasteiger charge is 2.45. The smallest absolute Gasteiger partial charge is 0.303 e. The highest BCUT2D eigenvalue weighted by atomic mass is 16.5. The van der Waals surface area contributed by atoms with E-state index < -0.39 is 5.97 Å². The maximum absolute atomic E-state index is 10.6. The molecule has 0 amide bonds. The summed E-state index contributed by atoms with van der Waals surface area (Å²) >= 11 is 0. The normalized spacial score (nSPS) is 16.9. The summed E-state index contributed by atoms with van der Waals surface area (Å²) in [6, 6.07) is 8.67. The van der Waals surface area contributed by atoms with Crippen LogP contribution < -0.4 is 9.47 Å². The minimum Gasteiger partial charge on any atom is -0.496 e. The fourth-order valence-electron chi connectivity index (χ4n) is 4.70. The third-order valence-electron chi connectivity index (χ3n) is 6.38. The van der Waals surface area contributed by atoms with Gasteiger partial charge in [-0.15, -0.1) is 0 Å². The van der Waals surface area contributed by atoms with Gasteiger partial charge in [0.1, 0.15) is 17.1 Å². The van der Waals surface area contributed by atoms with Crippen molar-refractivity contribution in [3.63, 3.8) is 0 Å². The Hall–Kier alpha value is -2.75. The Kier molecular flexibility index (Phi) is 6.78. The van der Waals surface area contributed by atoms with Crippen molar-refractivity contribution in [2.75, 3.05) is 7.11 Å². The topological polar surface area (TPSA) is 55.8 Å². The van der Waals surface area contributed by atoms with Gasteiger partial charge in [-0.3, -0.25) is 4.79 Å². The molecule has 1 atom stereocenters. The molecule has 0 bridgehead atoms. The maximum atomic E-state index is 10.6. The van der Waals surface area contributed by atoms with E-state index in [1.165, 1.54) is 11.1 Å². The maximum Gasteiger partial charge on any atom is 0.303 e. The van der Waals surface area contributed by atoms with E-state index in [1.54, 1.807) is 7.11 Å². The average Bonchev–Trinajstić information content (AvgIpc) is 3.01. The SMILES string of the molecule is COc1c(C)c(C)c2c(c1C)C(c1ccc(C=CCCCCC(=O)O)cc1)C(C)(C)O2. The number of ether oxygens (including phenoxy) is 2. The fraction of sp³-hybridized carbons (Fsp3) is 0.444. The number of fused-ring (bicyclic) bond motifs is 1. The van der Waals surface area contributed by atoms with Gasteiger partial charge in [-0.25, -0.2) is 0 Å². The van der Waals surface area contributed by atoms with Crippen LogP contribution in [-0.2, 0) is 4.79 Å². The molecule has 166 valence electrons. The molecule has 3 rings (SSSR count). The summed E-state index contributed by atoms with van der Waals surface area (Å²) in [7, 11) is 1.74. The molecule has 0 aromatic heterocycles. The minimum atomic E-state index is -0.724. The molecule has 1 N–H and O–H groups in total. The van der Waals surface area contributed by atoms with Crippen molar-refractivity contribution in [1.82, 2.24) is 0 Å². The second-order valence-corrected chi connectivity index (χ2v) is 9.00. The molecule has 1 heterocycles. The van der Waals surface area contributed by atoms with Crippen molar-refractivity contribution in [1.29, 1.82) is 0 Å².